The number of halogens is 1. The minimum atomic E-state index is -0.605. The number of aromatic nitrogens is 3. The standard InChI is InChI=1S/C29H31FN6O3/c1-29(2,3)39-28(38)32-22-15-27(37)35(18-22)23-10-8-20(9-11-23)24-16-31-25-12-13-26(33-36(24)25)34(4)17-19-6-5-7-21(30)14-19/h5-14,16,22H,15,17-18H2,1-4H3,(H,32,38)/t22-/m0/s1. The van der Waals surface area contributed by atoms with E-state index in [0.29, 0.717) is 24.6 Å². The lowest BCUT2D eigenvalue weighted by Gasteiger charge is -2.22. The van der Waals surface area contributed by atoms with Crippen LogP contribution in [0.4, 0.5) is 20.7 Å². The minimum Gasteiger partial charge on any atom is -0.444 e. The van der Waals surface area contributed by atoms with Gasteiger partial charge in [0.1, 0.15) is 17.2 Å². The lowest BCUT2D eigenvalue weighted by atomic mass is 10.1. The summed E-state index contributed by atoms with van der Waals surface area (Å²) in [7, 11) is 1.91. The number of hydrogen-bond acceptors (Lipinski definition) is 6. The summed E-state index contributed by atoms with van der Waals surface area (Å²) in [4.78, 5) is 32.9. The van der Waals surface area contributed by atoms with Crippen LogP contribution in [0.5, 0.6) is 0 Å². The van der Waals surface area contributed by atoms with E-state index in [9.17, 15) is 14.0 Å². The third kappa shape index (κ3) is 6.00. The Labute approximate surface area is 226 Å². The van der Waals surface area contributed by atoms with E-state index in [4.69, 9.17) is 9.84 Å². The number of carbonyl (C=O) groups excluding carboxylic acids is 2. The number of benzene rings is 2. The number of carbonyl (C=O) groups is 2. The maximum atomic E-state index is 13.6. The SMILES string of the molecule is CN(Cc1cccc(F)c1)c1ccc2ncc(-c3ccc(N4C[C@@H](NC(=O)OC(C)(C)C)CC4=O)cc3)n2n1. The molecule has 9 nitrogen and oxygen atoms in total. The quantitative estimate of drug-likeness (QED) is 0.385. The Morgan fingerprint density at radius 1 is 1.15 bits per heavy atom. The van der Waals surface area contributed by atoms with Gasteiger partial charge in [-0.05, 0) is 62.7 Å². The van der Waals surface area contributed by atoms with Gasteiger partial charge < -0.3 is 19.9 Å². The van der Waals surface area contributed by atoms with E-state index in [0.717, 1.165) is 22.5 Å². The van der Waals surface area contributed by atoms with Crippen LogP contribution in [0.3, 0.4) is 0 Å². The molecule has 202 valence electrons. The van der Waals surface area contributed by atoms with Crippen molar-refractivity contribution in [3.63, 3.8) is 0 Å². The van der Waals surface area contributed by atoms with Crippen LogP contribution < -0.4 is 15.1 Å². The summed E-state index contributed by atoms with van der Waals surface area (Å²) in [6.07, 6.45) is 1.44. The van der Waals surface area contributed by atoms with Gasteiger partial charge in [0.2, 0.25) is 5.91 Å². The summed E-state index contributed by atoms with van der Waals surface area (Å²) in [6.45, 7) is 6.26. The lowest BCUT2D eigenvalue weighted by molar-refractivity contribution is -0.117. The number of alkyl carbamates (subject to hydrolysis) is 1. The predicted octanol–water partition coefficient (Wildman–Crippen LogP) is 4.80. The Morgan fingerprint density at radius 2 is 1.92 bits per heavy atom. The molecule has 0 unspecified atom stereocenters. The molecule has 0 spiro atoms. The van der Waals surface area contributed by atoms with Crippen molar-refractivity contribution in [2.24, 2.45) is 0 Å². The monoisotopic (exact) mass is 530 g/mol. The van der Waals surface area contributed by atoms with Crippen LogP contribution >= 0.6 is 0 Å². The Bertz CT molecular complexity index is 1510. The highest BCUT2D eigenvalue weighted by atomic mass is 19.1. The molecule has 2 amide bonds. The van der Waals surface area contributed by atoms with E-state index >= 15 is 0 Å². The Kier molecular flexibility index (Phi) is 6.94. The largest absolute Gasteiger partial charge is 0.444 e. The van der Waals surface area contributed by atoms with Gasteiger partial charge >= 0.3 is 6.09 Å². The van der Waals surface area contributed by atoms with E-state index in [1.54, 1.807) is 42.4 Å². The van der Waals surface area contributed by atoms with Gasteiger partial charge in [0.15, 0.2) is 5.65 Å². The van der Waals surface area contributed by atoms with Gasteiger partial charge in [-0.3, -0.25) is 4.79 Å². The maximum Gasteiger partial charge on any atom is 0.407 e. The fraction of sp³-hybridized carbons (Fsp3) is 0.310. The van der Waals surface area contributed by atoms with Crippen molar-refractivity contribution in [3.05, 3.63) is 78.2 Å². The average Bonchev–Trinajstić information content (AvgIpc) is 3.45. The molecule has 0 radical (unpaired) electrons. The number of ether oxygens (including phenoxy) is 1. The van der Waals surface area contributed by atoms with Crippen molar-refractivity contribution in [1.82, 2.24) is 19.9 Å². The molecule has 3 heterocycles. The highest BCUT2D eigenvalue weighted by molar-refractivity contribution is 5.96. The van der Waals surface area contributed by atoms with Gasteiger partial charge in [0, 0.05) is 37.8 Å². The first-order chi connectivity index (χ1) is 18.6. The number of nitrogens with one attached hydrogen (secondary N) is 1. The molecular formula is C29H31FN6O3. The molecule has 0 bridgehead atoms. The number of imidazole rings is 1. The van der Waals surface area contributed by atoms with Crippen molar-refractivity contribution in [2.75, 3.05) is 23.4 Å². The topological polar surface area (TPSA) is 92.1 Å². The zero-order valence-electron chi connectivity index (χ0n) is 22.4. The van der Waals surface area contributed by atoms with Crippen LogP contribution in [0.1, 0.15) is 32.8 Å². The average molecular weight is 531 g/mol. The first-order valence-corrected chi connectivity index (χ1v) is 12.8. The molecule has 2 aromatic carbocycles. The summed E-state index contributed by atoms with van der Waals surface area (Å²) < 4.78 is 20.7. The summed E-state index contributed by atoms with van der Waals surface area (Å²) in [5.74, 6) is 0.384. The van der Waals surface area contributed by atoms with E-state index in [1.807, 2.05) is 54.4 Å². The zero-order valence-corrected chi connectivity index (χ0v) is 22.4. The zero-order chi connectivity index (χ0) is 27.7. The van der Waals surface area contributed by atoms with E-state index in [2.05, 4.69) is 10.3 Å². The van der Waals surface area contributed by atoms with Gasteiger partial charge in [-0.25, -0.2) is 18.7 Å². The van der Waals surface area contributed by atoms with Gasteiger partial charge in [-0.15, -0.1) is 5.10 Å². The molecule has 5 rings (SSSR count). The number of nitrogens with zero attached hydrogens (tertiary/aromatic N) is 5. The number of hydrogen-bond donors (Lipinski definition) is 1. The summed E-state index contributed by atoms with van der Waals surface area (Å²) in [5, 5.41) is 7.56. The molecule has 1 atom stereocenters. The highest BCUT2D eigenvalue weighted by Crippen LogP contribution is 2.27. The fourth-order valence-electron chi connectivity index (χ4n) is 4.59. The van der Waals surface area contributed by atoms with Crippen LogP contribution in [0.25, 0.3) is 16.9 Å². The highest BCUT2D eigenvalue weighted by Gasteiger charge is 2.32. The number of rotatable bonds is 6. The molecule has 1 aliphatic heterocycles. The number of fused-ring (bicyclic) bond motifs is 1. The molecule has 4 aromatic rings. The second-order valence-electron chi connectivity index (χ2n) is 10.7. The Hall–Kier alpha value is -4.47. The Balaban J connectivity index is 1.30. The smallest absolute Gasteiger partial charge is 0.407 e. The number of anilines is 2. The van der Waals surface area contributed by atoms with Crippen LogP contribution in [-0.4, -0.2) is 51.8 Å². The van der Waals surface area contributed by atoms with Crippen molar-refractivity contribution >= 4 is 29.2 Å². The lowest BCUT2D eigenvalue weighted by Crippen LogP contribution is -2.40. The normalized spacial score (nSPS) is 15.6. The summed E-state index contributed by atoms with van der Waals surface area (Å²) in [5.41, 5.74) is 3.37. The van der Waals surface area contributed by atoms with Crippen LogP contribution in [0.15, 0.2) is 66.9 Å². The third-order valence-corrected chi connectivity index (χ3v) is 6.37. The molecule has 0 aliphatic carbocycles. The molecule has 10 heteroatoms. The van der Waals surface area contributed by atoms with Gasteiger partial charge in [-0.2, -0.15) is 0 Å². The van der Waals surface area contributed by atoms with E-state index in [1.165, 1.54) is 12.1 Å². The molecule has 1 fully saturated rings. The van der Waals surface area contributed by atoms with Gasteiger partial charge in [-0.1, -0.05) is 24.3 Å². The Morgan fingerprint density at radius 3 is 2.64 bits per heavy atom. The minimum absolute atomic E-state index is 0.0637. The van der Waals surface area contributed by atoms with Crippen molar-refractivity contribution < 1.29 is 18.7 Å². The fourth-order valence-corrected chi connectivity index (χ4v) is 4.59. The maximum absolute atomic E-state index is 13.6. The van der Waals surface area contributed by atoms with Crippen molar-refractivity contribution in [2.45, 2.75) is 45.4 Å². The van der Waals surface area contributed by atoms with E-state index in [-0.39, 0.29) is 24.2 Å². The van der Waals surface area contributed by atoms with Crippen LogP contribution in [0, 0.1) is 5.82 Å². The summed E-state index contributed by atoms with van der Waals surface area (Å²) in [6, 6.07) is 17.6. The first-order valence-electron chi connectivity index (χ1n) is 12.8. The van der Waals surface area contributed by atoms with Gasteiger partial charge in [0.05, 0.1) is 17.9 Å². The van der Waals surface area contributed by atoms with Crippen molar-refractivity contribution in [1.29, 1.82) is 0 Å². The molecule has 1 aliphatic rings. The molecule has 2 aromatic heterocycles. The molecule has 39 heavy (non-hydrogen) atoms. The molecular weight excluding hydrogens is 499 g/mol. The van der Waals surface area contributed by atoms with Crippen LogP contribution in [-0.2, 0) is 16.1 Å². The molecule has 1 saturated heterocycles. The second kappa shape index (κ2) is 10.4. The second-order valence-corrected chi connectivity index (χ2v) is 10.7. The van der Waals surface area contributed by atoms with Crippen LogP contribution in [0.2, 0.25) is 0 Å². The molecule has 0 saturated carbocycles. The third-order valence-electron chi connectivity index (χ3n) is 6.37. The first kappa shape index (κ1) is 26.1. The predicted molar refractivity (Wildman–Crippen MR) is 147 cm³/mol. The number of amides is 2. The van der Waals surface area contributed by atoms with Crippen molar-refractivity contribution in [3.8, 4) is 11.3 Å². The molecule has 1 N–H and O–H groups in total. The van der Waals surface area contributed by atoms with E-state index < -0.39 is 11.7 Å². The van der Waals surface area contributed by atoms with Gasteiger partial charge in [0.25, 0.3) is 0 Å². The summed E-state index contributed by atoms with van der Waals surface area (Å²) >= 11 is 0.